The SMILES string of the molecule is CCCc1nnc(N2CC(CS(=O)(=O)Cl)CC2=O)s1. The van der Waals surface area contributed by atoms with E-state index in [-0.39, 0.29) is 24.0 Å². The van der Waals surface area contributed by atoms with E-state index in [0.717, 1.165) is 17.8 Å². The summed E-state index contributed by atoms with van der Waals surface area (Å²) >= 11 is 1.38. The van der Waals surface area contributed by atoms with Crippen molar-refractivity contribution in [1.29, 1.82) is 0 Å². The van der Waals surface area contributed by atoms with Gasteiger partial charge in [0.2, 0.25) is 20.1 Å². The van der Waals surface area contributed by atoms with Crippen LogP contribution in [0.25, 0.3) is 0 Å². The summed E-state index contributed by atoms with van der Waals surface area (Å²) in [6.45, 7) is 2.38. The van der Waals surface area contributed by atoms with Gasteiger partial charge in [-0.1, -0.05) is 18.3 Å². The Labute approximate surface area is 120 Å². The molecule has 1 aliphatic rings. The Kier molecular flexibility index (Phi) is 4.42. The monoisotopic (exact) mass is 323 g/mol. The minimum atomic E-state index is -3.58. The molecule has 0 aliphatic carbocycles. The fourth-order valence-corrected chi connectivity index (χ4v) is 4.32. The van der Waals surface area contributed by atoms with Gasteiger partial charge >= 0.3 is 0 Å². The lowest BCUT2D eigenvalue weighted by molar-refractivity contribution is -0.117. The quantitative estimate of drug-likeness (QED) is 0.765. The maximum absolute atomic E-state index is 11.9. The summed E-state index contributed by atoms with van der Waals surface area (Å²) in [5.74, 6) is -0.574. The highest BCUT2D eigenvalue weighted by atomic mass is 35.7. The molecular formula is C10H14ClN3O3S2. The minimum Gasteiger partial charge on any atom is -0.286 e. The second kappa shape index (κ2) is 5.72. The number of carbonyl (C=O) groups excluding carboxylic acids is 1. The molecule has 106 valence electrons. The Morgan fingerprint density at radius 3 is 2.84 bits per heavy atom. The first kappa shape index (κ1) is 14.7. The number of nitrogens with zero attached hydrogens (tertiary/aromatic N) is 3. The van der Waals surface area contributed by atoms with Crippen LogP contribution < -0.4 is 4.90 Å². The first-order valence-electron chi connectivity index (χ1n) is 5.94. The third-order valence-corrected chi connectivity index (χ3v) is 5.04. The van der Waals surface area contributed by atoms with Crippen LogP contribution in [0.5, 0.6) is 0 Å². The van der Waals surface area contributed by atoms with Gasteiger partial charge in [0.05, 0.1) is 5.75 Å². The van der Waals surface area contributed by atoms with Crippen LogP contribution in [0, 0.1) is 5.92 Å². The van der Waals surface area contributed by atoms with Gasteiger partial charge in [-0.2, -0.15) is 0 Å². The van der Waals surface area contributed by atoms with Crippen LogP contribution >= 0.6 is 22.0 Å². The van der Waals surface area contributed by atoms with E-state index < -0.39 is 9.05 Å². The number of aromatic nitrogens is 2. The summed E-state index contributed by atoms with van der Waals surface area (Å²) in [4.78, 5) is 13.4. The van der Waals surface area contributed by atoms with Gasteiger partial charge in [-0.05, 0) is 6.42 Å². The molecule has 6 nitrogen and oxygen atoms in total. The Bertz CT molecular complexity index is 572. The third-order valence-electron chi connectivity index (χ3n) is 2.79. The van der Waals surface area contributed by atoms with Crippen molar-refractivity contribution in [3.05, 3.63) is 5.01 Å². The standard InChI is InChI=1S/C10H14ClN3O3S2/c1-2-3-8-12-13-10(18-8)14-5-7(4-9(14)15)6-19(11,16)17/h7H,2-6H2,1H3. The molecule has 9 heteroatoms. The molecule has 0 spiro atoms. The zero-order valence-electron chi connectivity index (χ0n) is 10.4. The average molecular weight is 324 g/mol. The molecule has 0 radical (unpaired) electrons. The van der Waals surface area contributed by atoms with E-state index in [1.165, 1.54) is 16.2 Å². The zero-order chi connectivity index (χ0) is 14.0. The highest BCUT2D eigenvalue weighted by Gasteiger charge is 2.34. The molecule has 1 fully saturated rings. The lowest BCUT2D eigenvalue weighted by Gasteiger charge is -2.11. The summed E-state index contributed by atoms with van der Waals surface area (Å²) in [7, 11) is 1.64. The Morgan fingerprint density at radius 2 is 2.21 bits per heavy atom. The van der Waals surface area contributed by atoms with Gasteiger partial charge in [0, 0.05) is 36.0 Å². The van der Waals surface area contributed by atoms with E-state index in [0.29, 0.717) is 11.7 Å². The third kappa shape index (κ3) is 3.87. The highest BCUT2D eigenvalue weighted by molar-refractivity contribution is 8.13. The number of aryl methyl sites for hydroxylation is 1. The van der Waals surface area contributed by atoms with Crippen molar-refractivity contribution >= 4 is 42.1 Å². The normalized spacial score (nSPS) is 20.2. The predicted octanol–water partition coefficient (Wildman–Crippen LogP) is 1.41. The predicted molar refractivity (Wildman–Crippen MR) is 74.0 cm³/mol. The van der Waals surface area contributed by atoms with Crippen molar-refractivity contribution in [1.82, 2.24) is 10.2 Å². The molecule has 2 rings (SSSR count). The van der Waals surface area contributed by atoms with Crippen molar-refractivity contribution in [3.8, 4) is 0 Å². The minimum absolute atomic E-state index is 0.121. The van der Waals surface area contributed by atoms with Gasteiger partial charge in [0.15, 0.2) is 0 Å². The van der Waals surface area contributed by atoms with E-state index >= 15 is 0 Å². The molecule has 0 bridgehead atoms. The summed E-state index contributed by atoms with van der Waals surface area (Å²) in [5.41, 5.74) is 0. The number of carbonyl (C=O) groups is 1. The van der Waals surface area contributed by atoms with E-state index in [9.17, 15) is 13.2 Å². The van der Waals surface area contributed by atoms with Crippen LogP contribution in [-0.4, -0.2) is 36.8 Å². The van der Waals surface area contributed by atoms with Crippen molar-refractivity contribution < 1.29 is 13.2 Å². The lowest BCUT2D eigenvalue weighted by Crippen LogP contribution is -2.25. The molecule has 1 aliphatic heterocycles. The van der Waals surface area contributed by atoms with E-state index in [1.54, 1.807) is 0 Å². The molecule has 0 saturated carbocycles. The zero-order valence-corrected chi connectivity index (χ0v) is 12.8. The van der Waals surface area contributed by atoms with Crippen molar-refractivity contribution in [2.75, 3.05) is 17.2 Å². The second-order valence-corrected chi connectivity index (χ2v) is 8.37. The smallest absolute Gasteiger partial charge is 0.232 e. The van der Waals surface area contributed by atoms with Gasteiger partial charge in [0.25, 0.3) is 0 Å². The Morgan fingerprint density at radius 1 is 1.47 bits per heavy atom. The summed E-state index contributed by atoms with van der Waals surface area (Å²) in [6, 6.07) is 0. The molecule has 1 saturated heterocycles. The van der Waals surface area contributed by atoms with Gasteiger partial charge < -0.3 is 0 Å². The molecular weight excluding hydrogens is 310 g/mol. The average Bonchev–Trinajstić information content (AvgIpc) is 2.84. The van der Waals surface area contributed by atoms with Crippen LogP contribution in [0.1, 0.15) is 24.8 Å². The number of amides is 1. The molecule has 1 unspecified atom stereocenters. The molecule has 1 aromatic rings. The van der Waals surface area contributed by atoms with Crippen molar-refractivity contribution in [2.45, 2.75) is 26.2 Å². The summed E-state index contributed by atoms with van der Waals surface area (Å²) in [6.07, 6.45) is 1.99. The van der Waals surface area contributed by atoms with Gasteiger partial charge in [-0.15, -0.1) is 10.2 Å². The number of anilines is 1. The molecule has 0 N–H and O–H groups in total. The van der Waals surface area contributed by atoms with Crippen LogP contribution in [0.15, 0.2) is 0 Å². The molecule has 0 aromatic carbocycles. The Balaban J connectivity index is 2.06. The molecule has 1 atom stereocenters. The fourth-order valence-electron chi connectivity index (χ4n) is 2.03. The maximum atomic E-state index is 11.9. The van der Waals surface area contributed by atoms with E-state index in [2.05, 4.69) is 10.2 Å². The molecule has 19 heavy (non-hydrogen) atoms. The molecule has 2 heterocycles. The van der Waals surface area contributed by atoms with Crippen LogP contribution in [0.2, 0.25) is 0 Å². The number of rotatable bonds is 5. The largest absolute Gasteiger partial charge is 0.286 e. The van der Waals surface area contributed by atoms with E-state index in [1.807, 2.05) is 6.92 Å². The van der Waals surface area contributed by atoms with E-state index in [4.69, 9.17) is 10.7 Å². The van der Waals surface area contributed by atoms with Crippen molar-refractivity contribution in [2.24, 2.45) is 5.92 Å². The topological polar surface area (TPSA) is 80.2 Å². The number of hydrogen-bond donors (Lipinski definition) is 0. The maximum Gasteiger partial charge on any atom is 0.232 e. The number of halogens is 1. The van der Waals surface area contributed by atoms with Gasteiger partial charge in [-0.25, -0.2) is 8.42 Å². The highest BCUT2D eigenvalue weighted by Crippen LogP contribution is 2.29. The first-order chi connectivity index (χ1) is 8.89. The van der Waals surface area contributed by atoms with Crippen LogP contribution in [-0.2, 0) is 20.3 Å². The van der Waals surface area contributed by atoms with Crippen molar-refractivity contribution in [3.63, 3.8) is 0 Å². The number of hydrogen-bond acceptors (Lipinski definition) is 6. The van der Waals surface area contributed by atoms with Gasteiger partial charge in [-0.3, -0.25) is 9.69 Å². The summed E-state index contributed by atoms with van der Waals surface area (Å²) < 4.78 is 22.1. The van der Waals surface area contributed by atoms with Crippen LogP contribution in [0.4, 0.5) is 5.13 Å². The fraction of sp³-hybridized carbons (Fsp3) is 0.700. The lowest BCUT2D eigenvalue weighted by atomic mass is 10.1. The van der Waals surface area contributed by atoms with Gasteiger partial charge in [0.1, 0.15) is 5.01 Å². The second-order valence-electron chi connectivity index (χ2n) is 4.51. The molecule has 1 aromatic heterocycles. The molecule has 1 amide bonds. The van der Waals surface area contributed by atoms with Crippen LogP contribution in [0.3, 0.4) is 0 Å². The Hall–Kier alpha value is -0.730. The summed E-state index contributed by atoms with van der Waals surface area (Å²) in [5, 5.41) is 9.44. The first-order valence-corrected chi connectivity index (χ1v) is 9.23.